The quantitative estimate of drug-likeness (QED) is 0.197. The van der Waals surface area contributed by atoms with E-state index < -0.39 is 77.8 Å². The Kier molecular flexibility index (Phi) is 13.2. The standard InChI is InChI=1S/C22H33NO12S2/c1-11(24)23-18-16(32-13(3)26)8-22(37-7,21(29)31-10-36-6)35-20(18)19(34-15(5)28)17(33-14(4)27)9-30-12(2)25/h16-20H,8-10H2,1-7H3,(H,23,24)/t16-,17+,18+,19+,20+,22+/m0/s1. The highest BCUT2D eigenvalue weighted by atomic mass is 32.2. The van der Waals surface area contributed by atoms with E-state index in [4.69, 9.17) is 28.4 Å². The van der Waals surface area contributed by atoms with Crippen LogP contribution in [0.25, 0.3) is 0 Å². The Balaban J connectivity index is 3.73. The third-order valence-electron chi connectivity index (χ3n) is 4.95. The molecule has 0 spiro atoms. The first kappa shape index (κ1) is 32.5. The van der Waals surface area contributed by atoms with Gasteiger partial charge in [-0.1, -0.05) is 0 Å². The fraction of sp³-hybridized carbons (Fsp3) is 0.727. The molecule has 1 aliphatic heterocycles. The number of ether oxygens (including phenoxy) is 6. The molecule has 1 aliphatic rings. The first-order valence-electron chi connectivity index (χ1n) is 11.1. The van der Waals surface area contributed by atoms with Gasteiger partial charge >= 0.3 is 29.8 Å². The lowest BCUT2D eigenvalue weighted by molar-refractivity contribution is -0.224. The summed E-state index contributed by atoms with van der Waals surface area (Å²) in [5.74, 6) is -4.41. The number of rotatable bonds is 12. The molecule has 1 saturated heterocycles. The van der Waals surface area contributed by atoms with Crippen molar-refractivity contribution in [2.75, 3.05) is 25.1 Å². The number of thioether (sulfide) groups is 2. The highest BCUT2D eigenvalue weighted by Crippen LogP contribution is 2.42. The number of amides is 1. The predicted octanol–water partition coefficient (Wildman–Crippen LogP) is 0.561. The molecule has 37 heavy (non-hydrogen) atoms. The summed E-state index contributed by atoms with van der Waals surface area (Å²) in [5, 5.41) is 2.61. The van der Waals surface area contributed by atoms with Crippen molar-refractivity contribution in [2.24, 2.45) is 0 Å². The van der Waals surface area contributed by atoms with Gasteiger partial charge in [0.05, 0.1) is 6.04 Å². The van der Waals surface area contributed by atoms with Crippen molar-refractivity contribution in [3.63, 3.8) is 0 Å². The lowest BCUT2D eigenvalue weighted by Crippen LogP contribution is -2.68. The van der Waals surface area contributed by atoms with Crippen LogP contribution in [0.1, 0.15) is 41.0 Å². The van der Waals surface area contributed by atoms with E-state index in [-0.39, 0.29) is 12.4 Å². The van der Waals surface area contributed by atoms with Gasteiger partial charge in [-0.15, -0.1) is 23.5 Å². The molecule has 210 valence electrons. The average molecular weight is 568 g/mol. The Hall–Kier alpha value is -2.52. The molecule has 1 heterocycles. The minimum absolute atomic E-state index is 0.00156. The Labute approximate surface area is 223 Å². The second-order valence-corrected chi connectivity index (χ2v) is 9.86. The molecule has 0 bridgehead atoms. The number of hydrogen-bond donors (Lipinski definition) is 1. The van der Waals surface area contributed by atoms with Crippen LogP contribution < -0.4 is 5.32 Å². The lowest BCUT2D eigenvalue weighted by Gasteiger charge is -2.48. The smallest absolute Gasteiger partial charge is 0.350 e. The molecule has 0 radical (unpaired) electrons. The lowest BCUT2D eigenvalue weighted by atomic mass is 9.89. The molecule has 6 atom stereocenters. The zero-order valence-electron chi connectivity index (χ0n) is 21.7. The van der Waals surface area contributed by atoms with Gasteiger partial charge in [0.2, 0.25) is 10.8 Å². The van der Waals surface area contributed by atoms with E-state index in [2.05, 4.69) is 5.32 Å². The number of hydrogen-bond acceptors (Lipinski definition) is 14. The van der Waals surface area contributed by atoms with Gasteiger partial charge < -0.3 is 33.7 Å². The van der Waals surface area contributed by atoms with Gasteiger partial charge in [0.1, 0.15) is 24.8 Å². The van der Waals surface area contributed by atoms with Crippen molar-refractivity contribution < 1.29 is 57.2 Å². The molecular formula is C22H33NO12S2. The summed E-state index contributed by atoms with van der Waals surface area (Å²) in [7, 11) is 0. The zero-order valence-corrected chi connectivity index (χ0v) is 23.4. The molecular weight excluding hydrogens is 534 g/mol. The van der Waals surface area contributed by atoms with Crippen molar-refractivity contribution >= 4 is 59.3 Å². The van der Waals surface area contributed by atoms with Crippen molar-refractivity contribution in [1.29, 1.82) is 0 Å². The largest absolute Gasteiger partial charge is 0.462 e. The maximum absolute atomic E-state index is 13.2. The van der Waals surface area contributed by atoms with Crippen LogP contribution in [0.4, 0.5) is 0 Å². The van der Waals surface area contributed by atoms with Gasteiger partial charge in [0.15, 0.2) is 12.2 Å². The van der Waals surface area contributed by atoms with Crippen molar-refractivity contribution in [3.05, 3.63) is 0 Å². The van der Waals surface area contributed by atoms with Crippen LogP contribution in [0.15, 0.2) is 0 Å². The minimum atomic E-state index is -1.77. The van der Waals surface area contributed by atoms with Crippen LogP contribution >= 0.6 is 23.5 Å². The van der Waals surface area contributed by atoms with Crippen LogP contribution in [0.2, 0.25) is 0 Å². The van der Waals surface area contributed by atoms with E-state index in [1.54, 1.807) is 12.5 Å². The Morgan fingerprint density at radius 1 is 0.919 bits per heavy atom. The molecule has 0 aliphatic carbocycles. The first-order valence-corrected chi connectivity index (χ1v) is 13.7. The third kappa shape index (κ3) is 10.0. The predicted molar refractivity (Wildman–Crippen MR) is 131 cm³/mol. The van der Waals surface area contributed by atoms with Crippen molar-refractivity contribution in [1.82, 2.24) is 5.32 Å². The molecule has 0 aromatic heterocycles. The summed E-state index contributed by atoms with van der Waals surface area (Å²) in [6.07, 6.45) is -2.46. The van der Waals surface area contributed by atoms with Crippen LogP contribution in [0.5, 0.6) is 0 Å². The second kappa shape index (κ2) is 15.0. The molecule has 1 rings (SSSR count). The monoisotopic (exact) mass is 567 g/mol. The minimum Gasteiger partial charge on any atom is -0.462 e. The van der Waals surface area contributed by atoms with Gasteiger partial charge in [-0.05, 0) is 12.5 Å². The van der Waals surface area contributed by atoms with E-state index in [0.29, 0.717) is 0 Å². The van der Waals surface area contributed by atoms with Gasteiger partial charge in [-0.2, -0.15) is 0 Å². The third-order valence-corrected chi connectivity index (χ3v) is 6.39. The van der Waals surface area contributed by atoms with Gasteiger partial charge in [-0.25, -0.2) is 4.79 Å². The highest BCUT2D eigenvalue weighted by molar-refractivity contribution is 8.00. The molecule has 0 aromatic carbocycles. The summed E-state index contributed by atoms with van der Waals surface area (Å²) in [4.78, 5) is 71.0. The fourth-order valence-electron chi connectivity index (χ4n) is 3.68. The molecule has 0 saturated carbocycles. The summed E-state index contributed by atoms with van der Waals surface area (Å²) in [6.45, 7) is 5.10. The summed E-state index contributed by atoms with van der Waals surface area (Å²) >= 11 is 2.18. The Bertz CT molecular complexity index is 869. The maximum atomic E-state index is 13.2. The highest BCUT2D eigenvalue weighted by Gasteiger charge is 2.58. The average Bonchev–Trinajstić information content (AvgIpc) is 2.78. The normalized spacial score (nSPS) is 24.6. The van der Waals surface area contributed by atoms with Crippen LogP contribution in [-0.4, -0.2) is 96.2 Å². The van der Waals surface area contributed by atoms with Gasteiger partial charge in [0, 0.05) is 41.0 Å². The maximum Gasteiger partial charge on any atom is 0.350 e. The molecule has 1 fully saturated rings. The summed E-state index contributed by atoms with van der Waals surface area (Å²) in [5.41, 5.74) is 0. The van der Waals surface area contributed by atoms with E-state index in [1.807, 2.05) is 0 Å². The Morgan fingerprint density at radius 3 is 2.00 bits per heavy atom. The fourth-order valence-corrected chi connectivity index (χ4v) is 4.67. The number of carbonyl (C=O) groups excluding carboxylic acids is 6. The van der Waals surface area contributed by atoms with E-state index >= 15 is 0 Å². The van der Waals surface area contributed by atoms with E-state index in [9.17, 15) is 28.8 Å². The summed E-state index contributed by atoms with van der Waals surface area (Å²) < 4.78 is 32.7. The van der Waals surface area contributed by atoms with Crippen LogP contribution in [-0.2, 0) is 57.2 Å². The molecule has 15 heteroatoms. The SMILES string of the molecule is CSCOC(=O)[C@]1(SC)C[C@H](OC(C)=O)[C@@H](NC(C)=O)[C@H]([C@H](OC(C)=O)[C@@H](COC(C)=O)OC(C)=O)O1. The molecule has 13 nitrogen and oxygen atoms in total. The number of carbonyl (C=O) groups is 6. The molecule has 0 aromatic rings. The second-order valence-electron chi connectivity index (χ2n) is 7.98. The number of nitrogens with one attached hydrogen (secondary N) is 1. The van der Waals surface area contributed by atoms with Gasteiger partial charge in [0.25, 0.3) is 0 Å². The molecule has 1 amide bonds. The Morgan fingerprint density at radius 2 is 1.54 bits per heavy atom. The van der Waals surface area contributed by atoms with Crippen molar-refractivity contribution in [2.45, 2.75) is 76.4 Å². The summed E-state index contributed by atoms with van der Waals surface area (Å²) in [6, 6.07) is -1.17. The zero-order chi connectivity index (χ0) is 28.3. The van der Waals surface area contributed by atoms with E-state index in [0.717, 1.165) is 39.5 Å². The van der Waals surface area contributed by atoms with Crippen molar-refractivity contribution in [3.8, 4) is 0 Å². The number of esters is 5. The van der Waals surface area contributed by atoms with Crippen LogP contribution in [0.3, 0.4) is 0 Å². The van der Waals surface area contributed by atoms with Gasteiger partial charge in [-0.3, -0.25) is 24.0 Å². The molecule has 1 N–H and O–H groups in total. The first-order chi connectivity index (χ1) is 17.3. The topological polar surface area (TPSA) is 170 Å². The van der Waals surface area contributed by atoms with E-state index in [1.165, 1.54) is 18.7 Å². The van der Waals surface area contributed by atoms with Crippen LogP contribution in [0, 0.1) is 0 Å². The molecule has 0 unspecified atom stereocenters.